The van der Waals surface area contributed by atoms with E-state index in [1.54, 1.807) is 20.8 Å². The first-order chi connectivity index (χ1) is 8.69. The highest BCUT2D eigenvalue weighted by Gasteiger charge is 2.17. The van der Waals surface area contributed by atoms with E-state index in [2.05, 4.69) is 0 Å². The number of ether oxygens (including phenoxy) is 2. The molecule has 104 valence electrons. The Morgan fingerprint density at radius 3 is 2.47 bits per heavy atom. The van der Waals surface area contributed by atoms with Crippen molar-refractivity contribution in [1.82, 2.24) is 0 Å². The van der Waals surface area contributed by atoms with Gasteiger partial charge in [0.2, 0.25) is 0 Å². The summed E-state index contributed by atoms with van der Waals surface area (Å²) in [6, 6.07) is 4.01. The van der Waals surface area contributed by atoms with Crippen LogP contribution in [0.3, 0.4) is 0 Å². The van der Waals surface area contributed by atoms with Crippen LogP contribution in [0.1, 0.15) is 31.1 Å². The molecule has 0 amide bonds. The van der Waals surface area contributed by atoms with E-state index in [1.165, 1.54) is 18.2 Å². The number of rotatable bonds is 4. The molecule has 0 spiro atoms. The molecular weight excluding hydrogens is 272 g/mol. The second kappa shape index (κ2) is 5.93. The van der Waals surface area contributed by atoms with Gasteiger partial charge in [0, 0.05) is 0 Å². The lowest BCUT2D eigenvalue weighted by molar-refractivity contribution is -0.157. The summed E-state index contributed by atoms with van der Waals surface area (Å²) in [6.07, 6.45) is 0. The number of halogens is 1. The van der Waals surface area contributed by atoms with Gasteiger partial charge >= 0.3 is 11.9 Å². The summed E-state index contributed by atoms with van der Waals surface area (Å²) >= 11 is 5.85. The fourth-order valence-corrected chi connectivity index (χ4v) is 1.43. The van der Waals surface area contributed by atoms with Crippen LogP contribution in [0.4, 0.5) is 0 Å². The van der Waals surface area contributed by atoms with Crippen LogP contribution in [0.15, 0.2) is 18.2 Å². The number of esters is 1. The van der Waals surface area contributed by atoms with Gasteiger partial charge in [0.1, 0.15) is 11.4 Å². The predicted molar refractivity (Wildman–Crippen MR) is 69.8 cm³/mol. The normalized spacial score (nSPS) is 10.9. The lowest BCUT2D eigenvalue weighted by Crippen LogP contribution is -2.27. The van der Waals surface area contributed by atoms with Crippen LogP contribution >= 0.6 is 11.6 Å². The Kier molecular flexibility index (Phi) is 4.78. The van der Waals surface area contributed by atoms with Crippen LogP contribution in [0, 0.1) is 0 Å². The third kappa shape index (κ3) is 5.18. The monoisotopic (exact) mass is 286 g/mol. The molecule has 0 bridgehead atoms. The molecule has 1 N–H and O–H groups in total. The molecular formula is C13H15ClO5. The topological polar surface area (TPSA) is 72.8 Å². The van der Waals surface area contributed by atoms with Crippen LogP contribution in [0.5, 0.6) is 5.75 Å². The smallest absolute Gasteiger partial charge is 0.344 e. The fourth-order valence-electron chi connectivity index (χ4n) is 1.25. The van der Waals surface area contributed by atoms with Crippen molar-refractivity contribution >= 4 is 23.5 Å². The molecule has 5 nitrogen and oxygen atoms in total. The van der Waals surface area contributed by atoms with Gasteiger partial charge in [-0.3, -0.25) is 0 Å². The zero-order chi connectivity index (χ0) is 14.6. The number of hydrogen-bond donors (Lipinski definition) is 1. The van der Waals surface area contributed by atoms with Crippen molar-refractivity contribution in [1.29, 1.82) is 0 Å². The Hall–Kier alpha value is -1.75. The van der Waals surface area contributed by atoms with Crippen molar-refractivity contribution in [3.05, 3.63) is 28.8 Å². The second-order valence-corrected chi connectivity index (χ2v) is 5.23. The quantitative estimate of drug-likeness (QED) is 0.862. The van der Waals surface area contributed by atoms with E-state index in [9.17, 15) is 9.59 Å². The highest BCUT2D eigenvalue weighted by atomic mass is 35.5. The number of carbonyl (C=O) groups is 2. The summed E-state index contributed by atoms with van der Waals surface area (Å²) in [7, 11) is 0. The Balaban J connectivity index is 2.70. The van der Waals surface area contributed by atoms with Crippen molar-refractivity contribution in [3.63, 3.8) is 0 Å². The number of aromatic carboxylic acids is 1. The van der Waals surface area contributed by atoms with Crippen molar-refractivity contribution in [2.75, 3.05) is 6.61 Å². The molecule has 1 aromatic carbocycles. The van der Waals surface area contributed by atoms with Crippen molar-refractivity contribution in [3.8, 4) is 5.75 Å². The fraction of sp³-hybridized carbons (Fsp3) is 0.385. The van der Waals surface area contributed by atoms with E-state index >= 15 is 0 Å². The van der Waals surface area contributed by atoms with Gasteiger partial charge in [0.25, 0.3) is 0 Å². The molecule has 0 saturated carbocycles. The highest BCUT2D eigenvalue weighted by molar-refractivity contribution is 6.32. The number of benzene rings is 1. The molecule has 6 heteroatoms. The Bertz CT molecular complexity index is 490. The lowest BCUT2D eigenvalue weighted by atomic mass is 10.2. The summed E-state index contributed by atoms with van der Waals surface area (Å²) in [5.74, 6) is -1.52. The van der Waals surface area contributed by atoms with Crippen LogP contribution < -0.4 is 4.74 Å². The largest absolute Gasteiger partial charge is 0.480 e. The first-order valence-corrected chi connectivity index (χ1v) is 5.94. The van der Waals surface area contributed by atoms with Gasteiger partial charge in [-0.2, -0.15) is 0 Å². The molecule has 0 aliphatic heterocycles. The van der Waals surface area contributed by atoms with Gasteiger partial charge in [0.15, 0.2) is 6.61 Å². The van der Waals surface area contributed by atoms with E-state index in [-0.39, 0.29) is 22.9 Å². The molecule has 0 heterocycles. The van der Waals surface area contributed by atoms with E-state index in [0.29, 0.717) is 0 Å². The Morgan fingerprint density at radius 1 is 1.32 bits per heavy atom. The SMILES string of the molecule is CC(C)(C)OC(=O)COc1cc(C(=O)O)ccc1Cl. The average molecular weight is 287 g/mol. The minimum Gasteiger partial charge on any atom is -0.480 e. The zero-order valence-electron chi connectivity index (χ0n) is 10.9. The minimum absolute atomic E-state index is 0.0311. The summed E-state index contributed by atoms with van der Waals surface area (Å²) < 4.78 is 10.2. The van der Waals surface area contributed by atoms with Crippen LogP contribution in [-0.4, -0.2) is 29.3 Å². The summed E-state index contributed by atoms with van der Waals surface area (Å²) in [4.78, 5) is 22.3. The zero-order valence-corrected chi connectivity index (χ0v) is 11.7. The second-order valence-electron chi connectivity index (χ2n) is 4.83. The van der Waals surface area contributed by atoms with Crippen LogP contribution in [0.25, 0.3) is 0 Å². The van der Waals surface area contributed by atoms with Gasteiger partial charge in [-0.1, -0.05) is 11.6 Å². The number of hydrogen-bond acceptors (Lipinski definition) is 4. The molecule has 0 radical (unpaired) electrons. The van der Waals surface area contributed by atoms with E-state index in [0.717, 1.165) is 0 Å². The molecule has 0 aliphatic carbocycles. The molecule has 0 atom stereocenters. The Morgan fingerprint density at radius 2 is 1.95 bits per heavy atom. The summed E-state index contributed by atoms with van der Waals surface area (Å²) in [6.45, 7) is 4.88. The third-order valence-corrected chi connectivity index (χ3v) is 2.26. The molecule has 0 unspecified atom stereocenters. The van der Waals surface area contributed by atoms with Gasteiger partial charge in [-0.15, -0.1) is 0 Å². The van der Waals surface area contributed by atoms with Gasteiger partial charge < -0.3 is 14.6 Å². The maximum atomic E-state index is 11.5. The minimum atomic E-state index is -1.10. The summed E-state index contributed by atoms with van der Waals surface area (Å²) in [5, 5.41) is 9.07. The van der Waals surface area contributed by atoms with Crippen molar-refractivity contribution in [2.24, 2.45) is 0 Å². The average Bonchev–Trinajstić information content (AvgIpc) is 2.25. The highest BCUT2D eigenvalue weighted by Crippen LogP contribution is 2.25. The van der Waals surface area contributed by atoms with E-state index in [4.69, 9.17) is 26.2 Å². The van der Waals surface area contributed by atoms with Crippen LogP contribution in [-0.2, 0) is 9.53 Å². The molecule has 1 rings (SSSR count). The molecule has 19 heavy (non-hydrogen) atoms. The summed E-state index contributed by atoms with van der Waals surface area (Å²) in [5.41, 5.74) is -0.573. The predicted octanol–water partition coefficient (Wildman–Crippen LogP) is 2.76. The maximum Gasteiger partial charge on any atom is 0.344 e. The molecule has 0 fully saturated rings. The maximum absolute atomic E-state index is 11.5. The van der Waals surface area contributed by atoms with E-state index in [1.807, 2.05) is 0 Å². The molecule has 0 aromatic heterocycles. The number of carbonyl (C=O) groups excluding carboxylic acids is 1. The number of carboxylic acids is 1. The van der Waals surface area contributed by atoms with Crippen LogP contribution in [0.2, 0.25) is 5.02 Å². The molecule has 0 saturated heterocycles. The van der Waals surface area contributed by atoms with Crippen molar-refractivity contribution in [2.45, 2.75) is 26.4 Å². The van der Waals surface area contributed by atoms with Crippen molar-refractivity contribution < 1.29 is 24.2 Å². The number of carboxylic acid groups (broad SMARTS) is 1. The van der Waals surface area contributed by atoms with Gasteiger partial charge in [0.05, 0.1) is 10.6 Å². The molecule has 0 aliphatic rings. The first kappa shape index (κ1) is 15.3. The third-order valence-electron chi connectivity index (χ3n) is 1.94. The molecule has 1 aromatic rings. The van der Waals surface area contributed by atoms with Gasteiger partial charge in [-0.05, 0) is 39.0 Å². The lowest BCUT2D eigenvalue weighted by Gasteiger charge is -2.19. The Labute approximate surface area is 116 Å². The standard InChI is InChI=1S/C13H15ClO5/c1-13(2,3)19-11(15)7-18-10-6-8(12(16)17)4-5-9(10)14/h4-6H,7H2,1-3H3,(H,16,17). The first-order valence-electron chi connectivity index (χ1n) is 5.56. The van der Waals surface area contributed by atoms with Gasteiger partial charge in [-0.25, -0.2) is 9.59 Å². The van der Waals surface area contributed by atoms with E-state index < -0.39 is 17.5 Å².